The number of hydrogen-bond acceptors (Lipinski definition) is 6. The zero-order valence-electron chi connectivity index (χ0n) is 6.77. The maximum absolute atomic E-state index is 9.63. The Balaban J connectivity index is -0.000000135. The second-order valence-electron chi connectivity index (χ2n) is 1.53. The van der Waals surface area contributed by atoms with Crippen LogP contribution in [0.25, 0.3) is 0 Å². The first-order valence-electron chi connectivity index (χ1n) is 2.24. The third-order valence-corrected chi connectivity index (χ3v) is 0.782. The normalized spacial score (nSPS) is 12.2. The summed E-state index contributed by atoms with van der Waals surface area (Å²) in [7, 11) is 0. The van der Waals surface area contributed by atoms with Crippen LogP contribution in [-0.4, -0.2) is 72.1 Å². The summed E-state index contributed by atoms with van der Waals surface area (Å²) >= 11 is 0. The molecule has 0 rings (SSSR count). The molecule has 2 unspecified atom stereocenters. The number of halogens is 1. The Hall–Kier alpha value is 1.41. The summed E-state index contributed by atoms with van der Waals surface area (Å²) in [5.41, 5.74) is 0. The minimum atomic E-state index is -2.44. The van der Waals surface area contributed by atoms with Gasteiger partial charge >= 0.3 is 67.3 Å². The van der Waals surface area contributed by atoms with E-state index in [1.165, 1.54) is 0 Å². The van der Waals surface area contributed by atoms with E-state index >= 15 is 0 Å². The van der Waals surface area contributed by atoms with Crippen molar-refractivity contribution in [2.24, 2.45) is 0 Å². The minimum absolute atomic E-state index is 0. The predicted molar refractivity (Wildman–Crippen MR) is 27.8 cm³/mol. The molecule has 0 saturated carbocycles. The van der Waals surface area contributed by atoms with Gasteiger partial charge in [0.15, 0.2) is 0 Å². The van der Waals surface area contributed by atoms with E-state index in [2.05, 4.69) is 0 Å². The second kappa shape index (κ2) is 11.5. The molecule has 0 aliphatic heterocycles. The minimum Gasteiger partial charge on any atom is -1.00 e. The molecule has 2 N–H and O–H groups in total. The van der Waals surface area contributed by atoms with Crippen molar-refractivity contribution >= 4 is 49.7 Å². The van der Waals surface area contributed by atoms with Crippen LogP contribution >= 0.6 is 0 Å². The van der Waals surface area contributed by atoms with Gasteiger partial charge in [-0.2, -0.15) is 0 Å². The third kappa shape index (κ3) is 9.71. The smallest absolute Gasteiger partial charge is 1.00 e. The van der Waals surface area contributed by atoms with Crippen LogP contribution in [0.5, 0.6) is 0 Å². The number of aliphatic hydroxyl groups is 2. The number of aliphatic hydroxyl groups excluding tert-OH is 2. The Morgan fingerprint density at radius 2 is 1.15 bits per heavy atom. The summed E-state index contributed by atoms with van der Waals surface area (Å²) in [6.45, 7) is 0. The number of carbonyl (C=O) groups is 2. The van der Waals surface area contributed by atoms with Crippen molar-refractivity contribution in [3.8, 4) is 0 Å². The summed E-state index contributed by atoms with van der Waals surface area (Å²) in [5.74, 6) is -4.12. The molecule has 9 heteroatoms. The molecule has 0 aliphatic rings. The molecule has 0 amide bonds. The first-order chi connectivity index (χ1) is 4.46. The van der Waals surface area contributed by atoms with Crippen LogP contribution < -0.4 is 52.2 Å². The fraction of sp³-hybridized carbons (Fsp3) is 0.500. The van der Waals surface area contributed by atoms with Crippen LogP contribution in [0, 0.1) is 0 Å². The summed E-state index contributed by atoms with van der Waals surface area (Å²) in [6.07, 6.45) is -4.88. The van der Waals surface area contributed by atoms with Gasteiger partial charge < -0.3 is 42.4 Å². The summed E-state index contributed by atoms with van der Waals surface area (Å²) < 4.78 is 0. The van der Waals surface area contributed by atoms with Crippen molar-refractivity contribution in [2.75, 3.05) is 0 Å². The summed E-state index contributed by atoms with van der Waals surface area (Å²) in [4.78, 5) is 19.3. The molecule has 0 aromatic carbocycles. The van der Waals surface area contributed by atoms with Gasteiger partial charge in [0.25, 0.3) is 0 Å². The van der Waals surface area contributed by atoms with Gasteiger partial charge in [-0.3, -0.25) is 0 Å². The quantitative estimate of drug-likeness (QED) is 0.477. The molecule has 13 heavy (non-hydrogen) atoms. The average molecular weight is 247 g/mol. The number of carboxylic acid groups (broad SMARTS) is 2. The Morgan fingerprint density at radius 3 is 1.23 bits per heavy atom. The van der Waals surface area contributed by atoms with Gasteiger partial charge in [-0.1, -0.05) is 0 Å². The Bertz CT molecular complexity index is 149. The zero-order chi connectivity index (χ0) is 8.31. The molecule has 0 saturated heterocycles. The molecule has 0 aromatic rings. The fourth-order valence-corrected chi connectivity index (χ4v) is 0.258. The van der Waals surface area contributed by atoms with Crippen LogP contribution in [-0.2, 0) is 9.59 Å². The number of carbonyl (C=O) groups excluding carboxylic acids is 2. The van der Waals surface area contributed by atoms with Gasteiger partial charge in [0, 0.05) is 0 Å². The molecule has 6 nitrogen and oxygen atoms in total. The zero-order valence-corrected chi connectivity index (χ0v) is 11.7. The van der Waals surface area contributed by atoms with Crippen LogP contribution in [0.3, 0.4) is 0 Å². The van der Waals surface area contributed by atoms with Crippen molar-refractivity contribution in [1.82, 2.24) is 0 Å². The van der Waals surface area contributed by atoms with Crippen LogP contribution in [0.2, 0.25) is 0 Å². The number of aliphatic carboxylic acids is 2. The van der Waals surface area contributed by atoms with E-state index in [-0.39, 0.29) is 79.7 Å². The number of hydrogen-bond donors (Lipinski definition) is 2. The van der Waals surface area contributed by atoms with E-state index in [1.807, 2.05) is 0 Å². The van der Waals surface area contributed by atoms with Gasteiger partial charge in [0.2, 0.25) is 0 Å². The fourth-order valence-electron chi connectivity index (χ4n) is 0.258. The molecule has 0 spiro atoms. The van der Waals surface area contributed by atoms with E-state index < -0.39 is 24.1 Å². The molecule has 2 atom stereocenters. The molecule has 0 aromatic heterocycles. The first-order valence-corrected chi connectivity index (χ1v) is 2.24. The van der Waals surface area contributed by atoms with Crippen LogP contribution in [0.4, 0.5) is 0 Å². The topological polar surface area (TPSA) is 121 Å². The molecule has 0 heterocycles. The SMILES string of the molecule is O=C([O-])C(O)C(O)C(=O)[O-].[Ca+2].[Cl-].[Na+]. The number of rotatable bonds is 3. The number of carboxylic acids is 2. The summed E-state index contributed by atoms with van der Waals surface area (Å²) in [5, 5.41) is 35.7. The van der Waals surface area contributed by atoms with E-state index in [0.29, 0.717) is 0 Å². The molecule has 0 aliphatic carbocycles. The Kier molecular flexibility index (Phi) is 21.1. The van der Waals surface area contributed by atoms with Gasteiger partial charge in [0.1, 0.15) is 12.2 Å². The Labute approximate surface area is 132 Å². The monoisotopic (exact) mass is 246 g/mol. The van der Waals surface area contributed by atoms with Crippen LogP contribution in [0.1, 0.15) is 0 Å². The molecule has 0 bridgehead atoms. The molecule has 0 fully saturated rings. The van der Waals surface area contributed by atoms with Gasteiger partial charge in [0.05, 0.1) is 11.9 Å². The van der Waals surface area contributed by atoms with Gasteiger partial charge in [-0.05, 0) is 0 Å². The second-order valence-corrected chi connectivity index (χ2v) is 1.53. The van der Waals surface area contributed by atoms with E-state index in [1.54, 1.807) is 0 Å². The predicted octanol–water partition coefficient (Wildman–Crippen LogP) is -11.2. The van der Waals surface area contributed by atoms with Gasteiger partial charge in [-0.25, -0.2) is 0 Å². The van der Waals surface area contributed by atoms with Crippen LogP contribution in [0.15, 0.2) is 0 Å². The van der Waals surface area contributed by atoms with Crippen molar-refractivity contribution in [3.05, 3.63) is 0 Å². The molecular formula is C4H4CaClNaO6. The van der Waals surface area contributed by atoms with Gasteiger partial charge in [-0.15, -0.1) is 0 Å². The molecule has 66 valence electrons. The standard InChI is InChI=1S/C4H6O6.Ca.ClH.Na/c5-1(3(7)8)2(6)4(9)10;;;/h1-2,5-6H,(H,7,8)(H,9,10);;1H;/q;+2;;+1/p-3. The maximum Gasteiger partial charge on any atom is 2.00 e. The maximum atomic E-state index is 9.63. The largest absolute Gasteiger partial charge is 2.00 e. The van der Waals surface area contributed by atoms with E-state index in [9.17, 15) is 19.8 Å². The summed E-state index contributed by atoms with van der Waals surface area (Å²) in [6, 6.07) is 0. The van der Waals surface area contributed by atoms with Crippen molar-refractivity contribution in [2.45, 2.75) is 12.2 Å². The van der Waals surface area contributed by atoms with E-state index in [4.69, 9.17) is 10.2 Å². The first kappa shape index (κ1) is 23.9. The average Bonchev–Trinajstić information content (AvgIpc) is 1.84. The van der Waals surface area contributed by atoms with Crippen molar-refractivity contribution in [1.29, 1.82) is 0 Å². The van der Waals surface area contributed by atoms with E-state index in [0.717, 1.165) is 0 Å². The molecule has 0 radical (unpaired) electrons. The molecular weight excluding hydrogens is 243 g/mol. The van der Waals surface area contributed by atoms with Crippen molar-refractivity contribution < 1.29 is 72.0 Å². The van der Waals surface area contributed by atoms with Crippen molar-refractivity contribution in [3.63, 3.8) is 0 Å². The Morgan fingerprint density at radius 1 is 1.00 bits per heavy atom. The third-order valence-electron chi connectivity index (χ3n) is 0.782.